The zero-order chi connectivity index (χ0) is 23.6. The van der Waals surface area contributed by atoms with Gasteiger partial charge in [0.25, 0.3) is 0 Å². The quantitative estimate of drug-likeness (QED) is 0.578. The van der Waals surface area contributed by atoms with E-state index in [0.717, 1.165) is 94.5 Å². The molecule has 186 valence electrons. The second-order valence-corrected chi connectivity index (χ2v) is 9.99. The molecule has 0 radical (unpaired) electrons. The molecule has 2 aromatic heterocycles. The predicted octanol–water partition coefficient (Wildman–Crippen LogP) is 2.75. The molecule has 3 aliphatic heterocycles. The summed E-state index contributed by atoms with van der Waals surface area (Å²) in [5, 5.41) is 8.40. The smallest absolute Gasteiger partial charge is 0.213 e. The van der Waals surface area contributed by atoms with Crippen LogP contribution in [-0.2, 0) is 6.54 Å². The maximum absolute atomic E-state index is 13.8. The summed E-state index contributed by atoms with van der Waals surface area (Å²) in [6.45, 7) is 9.53. The number of hydrogen-bond donors (Lipinski definition) is 1. The van der Waals surface area contributed by atoms with Crippen LogP contribution in [-0.4, -0.2) is 84.9 Å². The molecule has 2 atom stereocenters. The first-order valence-electron chi connectivity index (χ1n) is 12.8. The lowest BCUT2D eigenvalue weighted by Crippen LogP contribution is -2.57. The highest BCUT2D eigenvalue weighted by atomic mass is 19.1. The first-order chi connectivity index (χ1) is 17.2. The van der Waals surface area contributed by atoms with Gasteiger partial charge in [-0.05, 0) is 37.1 Å². The highest BCUT2D eigenvalue weighted by molar-refractivity contribution is 5.88. The Kier molecular flexibility index (Phi) is 6.54. The minimum absolute atomic E-state index is 0.259. The third kappa shape index (κ3) is 5.12. The number of benzene rings is 1. The van der Waals surface area contributed by atoms with Crippen LogP contribution in [0.5, 0.6) is 5.88 Å². The molecule has 3 aromatic rings. The van der Waals surface area contributed by atoms with Gasteiger partial charge in [0, 0.05) is 76.9 Å². The zero-order valence-corrected chi connectivity index (χ0v) is 20.0. The van der Waals surface area contributed by atoms with Crippen LogP contribution >= 0.6 is 0 Å². The average Bonchev–Trinajstić information content (AvgIpc) is 3.31. The standard InChI is InChI=1S/C26H33FN6O2/c27-20-5-7-24-23(14-20)26(30-35-24)33-13-12-32-15-19(4-6-22(32)17-33)18-34-25-3-1-2-21(29-25)16-31-10-8-28-9-11-31/h1-3,5,7,14,19,22,28H,4,6,8-13,15-18H2/t19-,22+/m1/s1. The number of nitrogens with zero attached hydrogens (tertiary/aromatic N) is 5. The Bertz CT molecular complexity index is 1150. The lowest BCUT2D eigenvalue weighted by Gasteiger charge is -2.46. The molecular weight excluding hydrogens is 447 g/mol. The lowest BCUT2D eigenvalue weighted by molar-refractivity contribution is 0.0716. The molecule has 1 N–H and O–H groups in total. The fourth-order valence-electron chi connectivity index (χ4n) is 5.64. The van der Waals surface area contributed by atoms with Gasteiger partial charge in [-0.2, -0.15) is 0 Å². The van der Waals surface area contributed by atoms with Crippen molar-refractivity contribution in [2.75, 3.05) is 63.9 Å². The number of fused-ring (bicyclic) bond motifs is 2. The van der Waals surface area contributed by atoms with Crippen molar-refractivity contribution < 1.29 is 13.7 Å². The van der Waals surface area contributed by atoms with Crippen LogP contribution in [0, 0.1) is 11.7 Å². The predicted molar refractivity (Wildman–Crippen MR) is 132 cm³/mol. The summed E-state index contributed by atoms with van der Waals surface area (Å²) < 4.78 is 25.4. The van der Waals surface area contributed by atoms with Crippen LogP contribution in [0.4, 0.5) is 10.2 Å². The molecule has 0 aliphatic carbocycles. The number of halogens is 1. The van der Waals surface area contributed by atoms with Crippen LogP contribution in [0.2, 0.25) is 0 Å². The minimum atomic E-state index is -0.259. The second kappa shape index (κ2) is 10.1. The Morgan fingerprint density at radius 1 is 1.06 bits per heavy atom. The molecule has 3 fully saturated rings. The Morgan fingerprint density at radius 2 is 1.97 bits per heavy atom. The monoisotopic (exact) mass is 480 g/mol. The number of aromatic nitrogens is 2. The first kappa shape index (κ1) is 22.7. The van der Waals surface area contributed by atoms with Crippen molar-refractivity contribution in [2.45, 2.75) is 25.4 Å². The van der Waals surface area contributed by atoms with Crippen molar-refractivity contribution in [3.05, 3.63) is 47.9 Å². The fourth-order valence-corrected chi connectivity index (χ4v) is 5.64. The summed E-state index contributed by atoms with van der Waals surface area (Å²) in [7, 11) is 0. The van der Waals surface area contributed by atoms with E-state index in [4.69, 9.17) is 14.2 Å². The van der Waals surface area contributed by atoms with Gasteiger partial charge in [0.15, 0.2) is 11.4 Å². The van der Waals surface area contributed by atoms with E-state index in [-0.39, 0.29) is 5.82 Å². The third-order valence-electron chi connectivity index (χ3n) is 7.56. The SMILES string of the molecule is Fc1ccc2onc(N3CCN4C[C@H](COc5cccc(CN6CCNCC6)n5)CC[C@H]4C3)c2c1. The first-order valence-corrected chi connectivity index (χ1v) is 12.8. The molecule has 0 amide bonds. The minimum Gasteiger partial charge on any atom is -0.477 e. The largest absolute Gasteiger partial charge is 0.477 e. The van der Waals surface area contributed by atoms with E-state index in [1.165, 1.54) is 12.1 Å². The number of hydrogen-bond acceptors (Lipinski definition) is 8. The number of anilines is 1. The molecule has 1 aromatic carbocycles. The van der Waals surface area contributed by atoms with Gasteiger partial charge in [-0.15, -0.1) is 0 Å². The van der Waals surface area contributed by atoms with Crippen molar-refractivity contribution in [1.29, 1.82) is 0 Å². The van der Waals surface area contributed by atoms with Crippen molar-refractivity contribution >= 4 is 16.8 Å². The number of rotatable bonds is 6. The van der Waals surface area contributed by atoms with Crippen molar-refractivity contribution in [1.82, 2.24) is 25.3 Å². The van der Waals surface area contributed by atoms with Crippen LogP contribution in [0.1, 0.15) is 18.5 Å². The van der Waals surface area contributed by atoms with Gasteiger partial charge in [0.2, 0.25) is 5.88 Å². The maximum atomic E-state index is 13.8. The molecule has 5 heterocycles. The normalized spacial score (nSPS) is 24.0. The van der Waals surface area contributed by atoms with Gasteiger partial charge in [0.1, 0.15) is 5.82 Å². The van der Waals surface area contributed by atoms with E-state index in [9.17, 15) is 4.39 Å². The van der Waals surface area contributed by atoms with E-state index < -0.39 is 0 Å². The summed E-state index contributed by atoms with van der Waals surface area (Å²) in [4.78, 5) is 12.0. The van der Waals surface area contributed by atoms with Gasteiger partial charge in [-0.3, -0.25) is 9.80 Å². The number of piperidine rings is 1. The summed E-state index contributed by atoms with van der Waals surface area (Å²) in [6.07, 6.45) is 2.24. The third-order valence-corrected chi connectivity index (χ3v) is 7.56. The van der Waals surface area contributed by atoms with E-state index in [2.05, 4.69) is 37.3 Å². The van der Waals surface area contributed by atoms with Crippen LogP contribution in [0.15, 0.2) is 40.9 Å². The van der Waals surface area contributed by atoms with Gasteiger partial charge < -0.3 is 19.5 Å². The second-order valence-electron chi connectivity index (χ2n) is 9.99. The average molecular weight is 481 g/mol. The number of piperazine rings is 2. The van der Waals surface area contributed by atoms with Crippen LogP contribution in [0.3, 0.4) is 0 Å². The Hall–Kier alpha value is -2.75. The highest BCUT2D eigenvalue weighted by Crippen LogP contribution is 2.31. The van der Waals surface area contributed by atoms with Crippen molar-refractivity contribution in [3.63, 3.8) is 0 Å². The Labute approximate surface area is 205 Å². The Balaban J connectivity index is 1.02. The Morgan fingerprint density at radius 3 is 2.89 bits per heavy atom. The van der Waals surface area contributed by atoms with E-state index >= 15 is 0 Å². The summed E-state index contributed by atoms with van der Waals surface area (Å²) in [5.41, 5.74) is 1.71. The zero-order valence-electron chi connectivity index (χ0n) is 20.0. The number of nitrogens with one attached hydrogen (secondary N) is 1. The summed E-state index contributed by atoms with van der Waals surface area (Å²) >= 11 is 0. The van der Waals surface area contributed by atoms with E-state index in [1.54, 1.807) is 6.07 Å². The molecule has 3 saturated heterocycles. The number of ether oxygens (including phenoxy) is 1. The molecule has 0 spiro atoms. The molecule has 9 heteroatoms. The van der Waals surface area contributed by atoms with Crippen LogP contribution < -0.4 is 15.0 Å². The molecule has 3 aliphatic rings. The molecule has 0 unspecified atom stereocenters. The van der Waals surface area contributed by atoms with Crippen LogP contribution in [0.25, 0.3) is 11.0 Å². The van der Waals surface area contributed by atoms with Gasteiger partial charge in [-0.1, -0.05) is 11.2 Å². The molecule has 0 saturated carbocycles. The van der Waals surface area contributed by atoms with E-state index in [1.807, 2.05) is 6.07 Å². The van der Waals surface area contributed by atoms with Gasteiger partial charge in [0.05, 0.1) is 17.7 Å². The van der Waals surface area contributed by atoms with E-state index in [0.29, 0.717) is 24.1 Å². The number of pyridine rings is 1. The summed E-state index contributed by atoms with van der Waals surface area (Å²) in [6, 6.07) is 11.2. The maximum Gasteiger partial charge on any atom is 0.213 e. The molecule has 35 heavy (non-hydrogen) atoms. The lowest BCUT2D eigenvalue weighted by atomic mass is 9.91. The molecule has 6 rings (SSSR count). The van der Waals surface area contributed by atoms with Crippen molar-refractivity contribution in [2.24, 2.45) is 5.92 Å². The molecular formula is C26H33FN6O2. The molecule has 0 bridgehead atoms. The molecule has 8 nitrogen and oxygen atoms in total. The summed E-state index contributed by atoms with van der Waals surface area (Å²) in [5.74, 6) is 1.73. The highest BCUT2D eigenvalue weighted by Gasteiger charge is 2.34. The topological polar surface area (TPSA) is 69.9 Å². The van der Waals surface area contributed by atoms with Gasteiger partial charge in [-0.25, -0.2) is 9.37 Å². The van der Waals surface area contributed by atoms with Gasteiger partial charge >= 0.3 is 0 Å². The fraction of sp³-hybridized carbons (Fsp3) is 0.538. The van der Waals surface area contributed by atoms with Crippen molar-refractivity contribution in [3.8, 4) is 5.88 Å².